The van der Waals surface area contributed by atoms with Gasteiger partial charge >= 0.3 is 0 Å². The summed E-state index contributed by atoms with van der Waals surface area (Å²) in [6, 6.07) is 16.9. The lowest BCUT2D eigenvalue weighted by atomic mass is 9.75. The predicted octanol–water partition coefficient (Wildman–Crippen LogP) is 4.74. The van der Waals surface area contributed by atoms with Crippen LogP contribution >= 0.6 is 11.3 Å². The smallest absolute Gasteiger partial charge is 0.243 e. The molecule has 0 unspecified atom stereocenters. The number of carbonyl (C=O) groups excluding carboxylic acids is 3. The van der Waals surface area contributed by atoms with Crippen molar-refractivity contribution in [3.8, 4) is 11.3 Å². The van der Waals surface area contributed by atoms with E-state index in [-0.39, 0.29) is 36.2 Å². The zero-order valence-electron chi connectivity index (χ0n) is 26.4. The molecule has 3 amide bonds. The lowest BCUT2D eigenvalue weighted by Crippen LogP contribution is -2.58. The van der Waals surface area contributed by atoms with Crippen molar-refractivity contribution in [3.63, 3.8) is 0 Å². The van der Waals surface area contributed by atoms with Crippen LogP contribution in [-0.4, -0.2) is 72.5 Å². The van der Waals surface area contributed by atoms with E-state index in [1.54, 1.807) is 11.3 Å². The molecule has 0 saturated carbocycles. The topological polar surface area (TPSA) is 113 Å². The fourth-order valence-corrected chi connectivity index (χ4v) is 7.48. The molecule has 0 bridgehead atoms. The molecule has 46 heavy (non-hydrogen) atoms. The molecular formula is C36H43N5O4S. The molecule has 1 aromatic heterocycles. The number of nitrogens with one attached hydrogen (secondary N) is 3. The van der Waals surface area contributed by atoms with E-state index in [2.05, 4.69) is 38.0 Å². The lowest BCUT2D eigenvalue weighted by Gasteiger charge is -2.40. The summed E-state index contributed by atoms with van der Waals surface area (Å²) >= 11 is 1.61. The summed E-state index contributed by atoms with van der Waals surface area (Å²) in [4.78, 5) is 47.5. The number of fused-ring (bicyclic) bond motifs is 1. The van der Waals surface area contributed by atoms with E-state index in [9.17, 15) is 14.4 Å². The Bertz CT molecular complexity index is 1550. The molecule has 3 N–H and O–H groups in total. The number of likely N-dealkylation sites (tertiary alicyclic amines) is 1. The predicted molar refractivity (Wildman–Crippen MR) is 180 cm³/mol. The van der Waals surface area contributed by atoms with Gasteiger partial charge in [0.15, 0.2) is 0 Å². The Morgan fingerprint density at radius 1 is 1.09 bits per heavy atom. The maximum Gasteiger partial charge on any atom is 0.243 e. The molecule has 4 heterocycles. The molecule has 242 valence electrons. The van der Waals surface area contributed by atoms with Gasteiger partial charge in [-0.25, -0.2) is 4.98 Å². The summed E-state index contributed by atoms with van der Waals surface area (Å²) in [5.74, 6) is -0.150. The van der Waals surface area contributed by atoms with Crippen LogP contribution in [0, 0.1) is 18.3 Å². The normalized spacial score (nSPS) is 24.5. The van der Waals surface area contributed by atoms with Crippen molar-refractivity contribution in [3.05, 3.63) is 82.7 Å². The Morgan fingerprint density at radius 3 is 2.70 bits per heavy atom. The Balaban J connectivity index is 1.14. The van der Waals surface area contributed by atoms with Gasteiger partial charge in [0, 0.05) is 55.4 Å². The Morgan fingerprint density at radius 2 is 1.91 bits per heavy atom. The minimum absolute atomic E-state index is 0.0543. The van der Waals surface area contributed by atoms with Gasteiger partial charge in [0.05, 0.1) is 22.7 Å². The number of anilines is 1. The maximum absolute atomic E-state index is 13.9. The van der Waals surface area contributed by atoms with Crippen LogP contribution in [0.2, 0.25) is 0 Å². The fraction of sp³-hybridized carbons (Fsp3) is 0.444. The fourth-order valence-electron chi connectivity index (χ4n) is 6.86. The molecule has 2 saturated heterocycles. The van der Waals surface area contributed by atoms with Crippen molar-refractivity contribution in [1.29, 1.82) is 0 Å². The summed E-state index contributed by atoms with van der Waals surface area (Å²) in [5, 5.41) is 12.6. The second kappa shape index (κ2) is 14.7. The second-order valence-corrected chi connectivity index (χ2v) is 13.9. The molecule has 3 aromatic rings. The molecular weight excluding hydrogens is 598 g/mol. The second-order valence-electron chi connectivity index (χ2n) is 12.8. The molecule has 2 aromatic carbocycles. The number of benzene rings is 2. The van der Waals surface area contributed by atoms with Gasteiger partial charge in [-0.3, -0.25) is 19.3 Å². The molecule has 2 fully saturated rings. The molecule has 3 aliphatic rings. The van der Waals surface area contributed by atoms with Gasteiger partial charge in [-0.2, -0.15) is 0 Å². The number of allylic oxidation sites excluding steroid dienone is 2. The Labute approximate surface area is 274 Å². The Kier molecular flexibility index (Phi) is 10.3. The average molecular weight is 642 g/mol. The number of aromatic nitrogens is 1. The van der Waals surface area contributed by atoms with Crippen LogP contribution in [0.5, 0.6) is 0 Å². The van der Waals surface area contributed by atoms with E-state index in [0.29, 0.717) is 52.0 Å². The molecule has 10 heteroatoms. The highest BCUT2D eigenvalue weighted by Crippen LogP contribution is 2.36. The molecule has 0 radical (unpaired) electrons. The van der Waals surface area contributed by atoms with Gasteiger partial charge in [0.25, 0.3) is 0 Å². The van der Waals surface area contributed by atoms with Crippen LogP contribution in [0.15, 0.2) is 72.1 Å². The van der Waals surface area contributed by atoms with Crippen LogP contribution in [0.1, 0.15) is 42.7 Å². The highest BCUT2D eigenvalue weighted by molar-refractivity contribution is 7.09. The monoisotopic (exact) mass is 641 g/mol. The van der Waals surface area contributed by atoms with Gasteiger partial charge < -0.3 is 20.7 Å². The first-order chi connectivity index (χ1) is 22.4. The standard InChI is InChI=1S/C36H43N5O4S/c1-25-37-32(24-46-25)27-11-7-12-29(21-27)38-33(42)23-41-17-13-30-28(22-41)10-5-6-14-36(15-18-45-19-16-36)35(44)40-31(34(43)39-30)20-26-8-3-2-4-9-26/h2-9,11-12,21,24,28,30-31H,10,13-20,22-23H2,1H3,(H,38,42)(H,39,43)(H,40,44)/b6-5+/t28-,30-,31-/m0/s1. The minimum Gasteiger partial charge on any atom is -0.381 e. The zero-order valence-corrected chi connectivity index (χ0v) is 27.2. The number of thiazole rings is 1. The van der Waals surface area contributed by atoms with E-state index in [1.807, 2.05) is 66.9 Å². The highest BCUT2D eigenvalue weighted by atomic mass is 32.1. The Hall–Kier alpha value is -3.86. The van der Waals surface area contributed by atoms with Gasteiger partial charge in [-0.15, -0.1) is 11.3 Å². The van der Waals surface area contributed by atoms with E-state index in [0.717, 1.165) is 40.4 Å². The van der Waals surface area contributed by atoms with Gasteiger partial charge in [-0.1, -0.05) is 54.6 Å². The molecule has 6 rings (SSSR count). The van der Waals surface area contributed by atoms with Crippen molar-refractivity contribution >= 4 is 34.7 Å². The summed E-state index contributed by atoms with van der Waals surface area (Å²) in [7, 11) is 0. The SMILES string of the molecule is Cc1nc(-c2cccc(NC(=O)CN3CC[C@@H]4NC(=O)[C@H](Cc5ccccc5)NC(=O)C5(C/C=C/C[C@H]4C3)CCOCC5)c2)cs1. The molecule has 3 atom stereocenters. The van der Waals surface area contributed by atoms with Gasteiger partial charge in [-0.05, 0) is 62.6 Å². The van der Waals surface area contributed by atoms with Crippen molar-refractivity contribution in [2.24, 2.45) is 11.3 Å². The van der Waals surface area contributed by atoms with Crippen LogP contribution < -0.4 is 16.0 Å². The number of hydrogen-bond acceptors (Lipinski definition) is 7. The summed E-state index contributed by atoms with van der Waals surface area (Å²) in [6.45, 7) is 4.71. The summed E-state index contributed by atoms with van der Waals surface area (Å²) in [6.07, 6.45) is 8.08. The minimum atomic E-state index is -0.675. The first kappa shape index (κ1) is 32.1. The third kappa shape index (κ3) is 7.92. The summed E-state index contributed by atoms with van der Waals surface area (Å²) < 4.78 is 5.62. The van der Waals surface area contributed by atoms with Gasteiger partial charge in [0.1, 0.15) is 6.04 Å². The third-order valence-corrected chi connectivity index (χ3v) is 10.3. The third-order valence-electron chi connectivity index (χ3n) is 9.52. The van der Waals surface area contributed by atoms with Crippen LogP contribution in [0.4, 0.5) is 5.69 Å². The summed E-state index contributed by atoms with van der Waals surface area (Å²) in [5.41, 5.74) is 3.04. The molecule has 1 spiro atoms. The lowest BCUT2D eigenvalue weighted by molar-refractivity contribution is -0.140. The highest BCUT2D eigenvalue weighted by Gasteiger charge is 2.41. The van der Waals surface area contributed by atoms with Crippen molar-refractivity contribution < 1.29 is 19.1 Å². The first-order valence-electron chi connectivity index (χ1n) is 16.3. The van der Waals surface area contributed by atoms with Crippen molar-refractivity contribution in [1.82, 2.24) is 20.5 Å². The van der Waals surface area contributed by atoms with E-state index >= 15 is 0 Å². The number of amides is 3. The first-order valence-corrected chi connectivity index (χ1v) is 17.2. The van der Waals surface area contributed by atoms with E-state index < -0.39 is 11.5 Å². The maximum atomic E-state index is 13.9. The molecule has 3 aliphatic heterocycles. The number of piperidine rings is 1. The molecule has 0 aliphatic carbocycles. The zero-order chi connectivity index (χ0) is 31.9. The van der Waals surface area contributed by atoms with Gasteiger partial charge in [0.2, 0.25) is 17.7 Å². The average Bonchev–Trinajstić information content (AvgIpc) is 3.50. The van der Waals surface area contributed by atoms with Crippen LogP contribution in [0.25, 0.3) is 11.3 Å². The molecule has 9 nitrogen and oxygen atoms in total. The van der Waals surface area contributed by atoms with E-state index in [1.165, 1.54) is 0 Å². The largest absolute Gasteiger partial charge is 0.381 e. The van der Waals surface area contributed by atoms with Crippen molar-refractivity contribution in [2.75, 3.05) is 38.2 Å². The van der Waals surface area contributed by atoms with Crippen LogP contribution in [0.3, 0.4) is 0 Å². The number of ether oxygens (including phenoxy) is 1. The number of nitrogens with zero attached hydrogens (tertiary/aromatic N) is 2. The van der Waals surface area contributed by atoms with E-state index in [4.69, 9.17) is 4.74 Å². The number of rotatable bonds is 6. The number of aryl methyl sites for hydroxylation is 1. The number of hydrogen-bond donors (Lipinski definition) is 3. The quantitative estimate of drug-likeness (QED) is 0.336. The van der Waals surface area contributed by atoms with Crippen LogP contribution in [-0.2, 0) is 25.5 Å². The number of carbonyl (C=O) groups is 3. The van der Waals surface area contributed by atoms with Crippen molar-refractivity contribution in [2.45, 2.75) is 57.5 Å².